The van der Waals surface area contributed by atoms with Crippen LogP contribution in [0.3, 0.4) is 0 Å². The maximum atomic E-state index is 10.7. The van der Waals surface area contributed by atoms with Crippen LogP contribution in [0.5, 0.6) is 11.5 Å². The first kappa shape index (κ1) is 16.0. The quantitative estimate of drug-likeness (QED) is 0.896. The Morgan fingerprint density at radius 1 is 1.08 bits per heavy atom. The van der Waals surface area contributed by atoms with Crippen LogP contribution >= 0.6 is 0 Å². The van der Waals surface area contributed by atoms with E-state index in [1.165, 1.54) is 16.7 Å². The van der Waals surface area contributed by atoms with Crippen molar-refractivity contribution in [1.29, 1.82) is 0 Å². The molecule has 1 N–H and O–H groups in total. The Labute approximate surface area is 144 Å². The molecule has 0 heterocycles. The number of benzene rings is 1. The fraction of sp³-hybridized carbons (Fsp3) is 0.619. The first-order chi connectivity index (χ1) is 11.6. The molecule has 1 aromatic carbocycles. The zero-order valence-corrected chi connectivity index (χ0v) is 15.0. The van der Waals surface area contributed by atoms with Gasteiger partial charge in [-0.25, -0.2) is 0 Å². The minimum absolute atomic E-state index is 0.117. The van der Waals surface area contributed by atoms with Crippen LogP contribution in [-0.4, -0.2) is 25.4 Å². The molecular formula is C21H28O3. The molecule has 0 bridgehead atoms. The molecule has 0 amide bonds. The zero-order valence-electron chi connectivity index (χ0n) is 15.0. The lowest BCUT2D eigenvalue weighted by Gasteiger charge is -2.45. The smallest absolute Gasteiger partial charge is 0.161 e. The number of methoxy groups -OCH3 is 2. The number of fused-ring (bicyclic) bond motifs is 4. The monoisotopic (exact) mass is 328 g/mol. The highest BCUT2D eigenvalue weighted by Gasteiger charge is 2.52. The number of aryl methyl sites for hydroxylation is 1. The molecular weight excluding hydrogens is 300 g/mol. The van der Waals surface area contributed by atoms with E-state index in [-0.39, 0.29) is 11.5 Å². The summed E-state index contributed by atoms with van der Waals surface area (Å²) in [7, 11) is 3.41. The van der Waals surface area contributed by atoms with E-state index < -0.39 is 0 Å². The Kier molecular flexibility index (Phi) is 3.87. The van der Waals surface area contributed by atoms with Gasteiger partial charge in [0.2, 0.25) is 0 Å². The van der Waals surface area contributed by atoms with E-state index in [1.54, 1.807) is 19.8 Å². The van der Waals surface area contributed by atoms with Gasteiger partial charge in [0.25, 0.3) is 0 Å². The van der Waals surface area contributed by atoms with Crippen molar-refractivity contribution >= 4 is 5.57 Å². The molecule has 0 spiro atoms. The van der Waals surface area contributed by atoms with Crippen LogP contribution in [0.4, 0.5) is 0 Å². The molecule has 3 aliphatic carbocycles. The predicted octanol–water partition coefficient (Wildman–Crippen LogP) is 4.36. The Morgan fingerprint density at radius 3 is 2.54 bits per heavy atom. The van der Waals surface area contributed by atoms with Gasteiger partial charge in [-0.05, 0) is 79.7 Å². The summed E-state index contributed by atoms with van der Waals surface area (Å²) in [5.41, 5.74) is 6.03. The number of hydrogen-bond acceptors (Lipinski definition) is 3. The van der Waals surface area contributed by atoms with Crippen LogP contribution in [0.15, 0.2) is 17.7 Å². The topological polar surface area (TPSA) is 38.7 Å². The third kappa shape index (κ3) is 2.07. The molecule has 0 unspecified atom stereocenters. The average Bonchev–Trinajstić information content (AvgIpc) is 2.97. The Morgan fingerprint density at radius 2 is 1.83 bits per heavy atom. The normalized spacial score (nSPS) is 31.3. The first-order valence-electron chi connectivity index (χ1n) is 9.30. The standard InChI is InChI=1S/C21H28O3/c1-4-21-10-9-14-15(17(21)7-8-20(21)22)6-5-13-11-18(23-2)19(24-3)12-16(13)14/h11-12,17,20,22H,4-10H2,1-3H3/t17-,20-,21-/m0/s1. The summed E-state index contributed by atoms with van der Waals surface area (Å²) in [5.74, 6) is 2.22. The first-order valence-corrected chi connectivity index (χ1v) is 9.30. The number of allylic oxidation sites excluding steroid dienone is 2. The summed E-state index contributed by atoms with van der Waals surface area (Å²) < 4.78 is 11.0. The summed E-state index contributed by atoms with van der Waals surface area (Å²) in [5, 5.41) is 10.7. The van der Waals surface area contributed by atoms with Gasteiger partial charge in [0.1, 0.15) is 0 Å². The van der Waals surface area contributed by atoms with E-state index in [9.17, 15) is 5.11 Å². The number of aliphatic hydroxyl groups is 1. The van der Waals surface area contributed by atoms with E-state index in [0.29, 0.717) is 5.92 Å². The largest absolute Gasteiger partial charge is 0.493 e. The molecule has 3 atom stereocenters. The van der Waals surface area contributed by atoms with Crippen LogP contribution in [0.1, 0.15) is 56.6 Å². The van der Waals surface area contributed by atoms with E-state index in [1.807, 2.05) is 0 Å². The van der Waals surface area contributed by atoms with Gasteiger partial charge in [0, 0.05) is 5.41 Å². The molecule has 0 radical (unpaired) electrons. The SMILES string of the molecule is CC[C@]12CCC3=C(CCc4cc(OC)c(OC)cc43)[C@@H]1CC[C@@H]2O. The van der Waals surface area contributed by atoms with Crippen molar-refractivity contribution < 1.29 is 14.6 Å². The van der Waals surface area contributed by atoms with E-state index in [4.69, 9.17) is 9.47 Å². The van der Waals surface area contributed by atoms with Gasteiger partial charge in [-0.1, -0.05) is 12.5 Å². The lowest BCUT2D eigenvalue weighted by atomic mass is 9.60. The molecule has 0 aromatic heterocycles. The Hall–Kier alpha value is -1.48. The van der Waals surface area contributed by atoms with E-state index in [2.05, 4.69) is 19.1 Å². The molecule has 3 aliphatic rings. The number of aliphatic hydroxyl groups excluding tert-OH is 1. The van der Waals surface area contributed by atoms with Gasteiger partial charge in [-0.2, -0.15) is 0 Å². The fourth-order valence-electron chi connectivity index (χ4n) is 5.69. The van der Waals surface area contributed by atoms with E-state index in [0.717, 1.165) is 56.4 Å². The average molecular weight is 328 g/mol. The third-order valence-electron chi connectivity index (χ3n) is 6.99. The van der Waals surface area contributed by atoms with Crippen LogP contribution in [0.25, 0.3) is 5.57 Å². The summed E-state index contributed by atoms with van der Waals surface area (Å²) in [6.45, 7) is 2.26. The maximum absolute atomic E-state index is 10.7. The van der Waals surface area contributed by atoms with Crippen molar-refractivity contribution in [2.75, 3.05) is 14.2 Å². The maximum Gasteiger partial charge on any atom is 0.161 e. The van der Waals surface area contributed by atoms with Gasteiger partial charge in [0.05, 0.1) is 20.3 Å². The number of ether oxygens (including phenoxy) is 2. The lowest BCUT2D eigenvalue weighted by molar-refractivity contribution is 0.0193. The van der Waals surface area contributed by atoms with Gasteiger partial charge < -0.3 is 14.6 Å². The van der Waals surface area contributed by atoms with E-state index >= 15 is 0 Å². The number of hydrogen-bond donors (Lipinski definition) is 1. The highest BCUT2D eigenvalue weighted by molar-refractivity contribution is 5.77. The highest BCUT2D eigenvalue weighted by atomic mass is 16.5. The lowest BCUT2D eigenvalue weighted by Crippen LogP contribution is -2.39. The Bertz CT molecular complexity index is 691. The highest BCUT2D eigenvalue weighted by Crippen LogP contribution is 2.60. The van der Waals surface area contributed by atoms with Crippen molar-refractivity contribution in [3.8, 4) is 11.5 Å². The van der Waals surface area contributed by atoms with Crippen molar-refractivity contribution in [2.24, 2.45) is 11.3 Å². The molecule has 1 saturated carbocycles. The second-order valence-electron chi connectivity index (χ2n) is 7.60. The van der Waals surface area contributed by atoms with Gasteiger partial charge in [-0.15, -0.1) is 0 Å². The van der Waals surface area contributed by atoms with Crippen molar-refractivity contribution in [1.82, 2.24) is 0 Å². The van der Waals surface area contributed by atoms with Crippen molar-refractivity contribution in [2.45, 2.75) is 58.0 Å². The minimum atomic E-state index is -0.117. The number of rotatable bonds is 3. The Balaban J connectivity index is 1.82. The summed E-state index contributed by atoms with van der Waals surface area (Å²) >= 11 is 0. The molecule has 130 valence electrons. The molecule has 4 rings (SSSR count). The van der Waals surface area contributed by atoms with Crippen molar-refractivity contribution in [3.05, 3.63) is 28.8 Å². The summed E-state index contributed by atoms with van der Waals surface area (Å²) in [6.07, 6.45) is 7.49. The molecule has 3 nitrogen and oxygen atoms in total. The minimum Gasteiger partial charge on any atom is -0.493 e. The van der Waals surface area contributed by atoms with Crippen LogP contribution in [0, 0.1) is 11.3 Å². The second-order valence-corrected chi connectivity index (χ2v) is 7.60. The second kappa shape index (κ2) is 5.80. The molecule has 24 heavy (non-hydrogen) atoms. The molecule has 1 fully saturated rings. The van der Waals surface area contributed by atoms with Crippen LogP contribution in [-0.2, 0) is 6.42 Å². The van der Waals surface area contributed by atoms with Gasteiger partial charge >= 0.3 is 0 Å². The van der Waals surface area contributed by atoms with Gasteiger partial charge in [0.15, 0.2) is 11.5 Å². The zero-order chi connectivity index (χ0) is 16.9. The molecule has 0 aliphatic heterocycles. The van der Waals surface area contributed by atoms with Crippen LogP contribution in [0.2, 0.25) is 0 Å². The molecule has 3 heteroatoms. The van der Waals surface area contributed by atoms with Gasteiger partial charge in [-0.3, -0.25) is 0 Å². The summed E-state index contributed by atoms with van der Waals surface area (Å²) in [6, 6.07) is 4.33. The van der Waals surface area contributed by atoms with Crippen LogP contribution < -0.4 is 9.47 Å². The predicted molar refractivity (Wildman–Crippen MR) is 95.5 cm³/mol. The molecule has 1 aromatic rings. The molecule has 0 saturated heterocycles. The fourth-order valence-corrected chi connectivity index (χ4v) is 5.69. The van der Waals surface area contributed by atoms with Crippen molar-refractivity contribution in [3.63, 3.8) is 0 Å². The third-order valence-corrected chi connectivity index (χ3v) is 6.99. The summed E-state index contributed by atoms with van der Waals surface area (Å²) in [4.78, 5) is 0.